The Morgan fingerprint density at radius 2 is 2.12 bits per heavy atom. The normalized spacial score (nSPS) is 11.6. The molecule has 0 unspecified atom stereocenters. The van der Waals surface area contributed by atoms with Crippen molar-refractivity contribution in [2.24, 2.45) is 0 Å². The third-order valence-corrected chi connectivity index (χ3v) is 3.05. The topological polar surface area (TPSA) is 25.2 Å². The second kappa shape index (κ2) is 4.67. The van der Waals surface area contributed by atoms with Crippen molar-refractivity contribution in [1.82, 2.24) is 5.32 Å². The molecule has 0 spiro atoms. The van der Waals surface area contributed by atoms with E-state index in [-0.39, 0.29) is 5.82 Å². The zero-order valence-electron chi connectivity index (χ0n) is 10.1. The third kappa shape index (κ3) is 2.31. The lowest BCUT2D eigenvalue weighted by Gasteiger charge is -2.05. The van der Waals surface area contributed by atoms with Crippen LogP contribution in [0, 0.1) is 12.7 Å². The molecule has 2 rings (SSSR count). The van der Waals surface area contributed by atoms with Gasteiger partial charge in [-0.25, -0.2) is 4.39 Å². The Labute approximate surface area is 105 Å². The molecule has 1 N–H and O–H groups in total. The van der Waals surface area contributed by atoms with Crippen molar-refractivity contribution in [2.75, 3.05) is 0 Å². The van der Waals surface area contributed by atoms with Gasteiger partial charge in [0.2, 0.25) is 0 Å². The first-order valence-electron chi connectivity index (χ1n) is 5.60. The Morgan fingerprint density at radius 1 is 1.41 bits per heavy atom. The summed E-state index contributed by atoms with van der Waals surface area (Å²) in [6.45, 7) is 6.52. The minimum atomic E-state index is -0.290. The van der Waals surface area contributed by atoms with Crippen LogP contribution >= 0.6 is 11.6 Å². The van der Waals surface area contributed by atoms with Gasteiger partial charge in [0.1, 0.15) is 11.6 Å². The molecule has 2 nitrogen and oxygen atoms in total. The van der Waals surface area contributed by atoms with Crippen LogP contribution in [0.4, 0.5) is 4.39 Å². The number of hydrogen-bond donors (Lipinski definition) is 1. The highest BCUT2D eigenvalue weighted by Crippen LogP contribution is 2.32. The summed E-state index contributed by atoms with van der Waals surface area (Å²) in [5.41, 5.74) is 1.25. The van der Waals surface area contributed by atoms with Gasteiger partial charge >= 0.3 is 0 Å². The monoisotopic (exact) mass is 255 g/mol. The molecule has 0 aliphatic heterocycles. The van der Waals surface area contributed by atoms with E-state index in [1.54, 1.807) is 0 Å². The number of fused-ring (bicyclic) bond motifs is 1. The van der Waals surface area contributed by atoms with Crippen LogP contribution in [0.15, 0.2) is 16.5 Å². The summed E-state index contributed by atoms with van der Waals surface area (Å²) in [5.74, 6) is 0.446. The van der Waals surface area contributed by atoms with Crippen molar-refractivity contribution in [3.63, 3.8) is 0 Å². The molecule has 2 aromatic rings. The first-order valence-corrected chi connectivity index (χ1v) is 5.98. The molecule has 0 aliphatic carbocycles. The number of aryl methyl sites for hydroxylation is 1. The molecule has 0 saturated carbocycles. The summed E-state index contributed by atoms with van der Waals surface area (Å²) in [6.07, 6.45) is 0. The first-order chi connectivity index (χ1) is 8.00. The molecule has 1 aromatic heterocycles. The minimum absolute atomic E-state index is 0.290. The summed E-state index contributed by atoms with van der Waals surface area (Å²) in [4.78, 5) is 0. The summed E-state index contributed by atoms with van der Waals surface area (Å²) in [7, 11) is 0. The van der Waals surface area contributed by atoms with Crippen LogP contribution in [0.25, 0.3) is 11.0 Å². The van der Waals surface area contributed by atoms with Crippen LogP contribution in [0.5, 0.6) is 0 Å². The van der Waals surface area contributed by atoms with E-state index in [0.717, 1.165) is 11.3 Å². The lowest BCUT2D eigenvalue weighted by atomic mass is 10.1. The highest BCUT2D eigenvalue weighted by atomic mass is 35.5. The van der Waals surface area contributed by atoms with E-state index < -0.39 is 0 Å². The summed E-state index contributed by atoms with van der Waals surface area (Å²) in [5, 5.41) is 4.17. The molecule has 0 fully saturated rings. The second-order valence-electron chi connectivity index (χ2n) is 4.42. The standard InChI is InChI=1S/C13H15ClFNO/c1-7(2)16-6-11-8(3)12-10(15)5-4-9(14)13(12)17-11/h4-5,7,16H,6H2,1-3H3. The van der Waals surface area contributed by atoms with Crippen molar-refractivity contribution in [1.29, 1.82) is 0 Å². The van der Waals surface area contributed by atoms with Gasteiger partial charge in [0.15, 0.2) is 5.58 Å². The van der Waals surface area contributed by atoms with Crippen LogP contribution in [-0.4, -0.2) is 6.04 Å². The smallest absolute Gasteiger partial charge is 0.156 e. The van der Waals surface area contributed by atoms with Crippen LogP contribution in [0.1, 0.15) is 25.2 Å². The first kappa shape index (κ1) is 12.4. The van der Waals surface area contributed by atoms with Gasteiger partial charge in [0.05, 0.1) is 17.0 Å². The maximum absolute atomic E-state index is 13.7. The average molecular weight is 256 g/mol. The van der Waals surface area contributed by atoms with Gasteiger partial charge in [0.25, 0.3) is 0 Å². The number of halogens is 2. The van der Waals surface area contributed by atoms with Crippen molar-refractivity contribution in [3.05, 3.63) is 34.3 Å². The fourth-order valence-electron chi connectivity index (χ4n) is 1.79. The molecule has 0 radical (unpaired) electrons. The predicted octanol–water partition coefficient (Wildman–Crippen LogP) is 4.03. The summed E-state index contributed by atoms with van der Waals surface area (Å²) >= 11 is 6.00. The number of furan rings is 1. The number of nitrogens with one attached hydrogen (secondary N) is 1. The van der Waals surface area contributed by atoms with Gasteiger partial charge in [-0.2, -0.15) is 0 Å². The molecule has 17 heavy (non-hydrogen) atoms. The number of rotatable bonds is 3. The van der Waals surface area contributed by atoms with E-state index in [1.807, 2.05) is 20.8 Å². The number of hydrogen-bond acceptors (Lipinski definition) is 2. The average Bonchev–Trinajstić information content (AvgIpc) is 2.60. The molecule has 1 aromatic carbocycles. The van der Waals surface area contributed by atoms with Crippen LogP contribution in [-0.2, 0) is 6.54 Å². The van der Waals surface area contributed by atoms with E-state index >= 15 is 0 Å². The molecule has 0 amide bonds. The predicted molar refractivity (Wildman–Crippen MR) is 67.9 cm³/mol. The largest absolute Gasteiger partial charge is 0.458 e. The van der Waals surface area contributed by atoms with Gasteiger partial charge in [-0.1, -0.05) is 25.4 Å². The Balaban J connectivity index is 2.49. The maximum Gasteiger partial charge on any atom is 0.156 e. The Bertz CT molecular complexity index is 548. The van der Waals surface area contributed by atoms with E-state index in [0.29, 0.717) is 28.6 Å². The Hall–Kier alpha value is -1.06. The highest BCUT2D eigenvalue weighted by molar-refractivity contribution is 6.34. The molecule has 0 bridgehead atoms. The lowest BCUT2D eigenvalue weighted by Crippen LogP contribution is -2.21. The van der Waals surface area contributed by atoms with Crippen molar-refractivity contribution < 1.29 is 8.81 Å². The molecule has 0 saturated heterocycles. The summed E-state index contributed by atoms with van der Waals surface area (Å²) in [6, 6.07) is 3.23. The van der Waals surface area contributed by atoms with Crippen LogP contribution in [0.3, 0.4) is 0 Å². The Kier molecular flexibility index (Phi) is 3.40. The third-order valence-electron chi connectivity index (χ3n) is 2.75. The molecule has 1 heterocycles. The fraction of sp³-hybridized carbons (Fsp3) is 0.385. The SMILES string of the molecule is Cc1c(CNC(C)C)oc2c(Cl)ccc(F)c12. The lowest BCUT2D eigenvalue weighted by molar-refractivity contribution is 0.485. The minimum Gasteiger partial charge on any atom is -0.458 e. The quantitative estimate of drug-likeness (QED) is 0.896. The fourth-order valence-corrected chi connectivity index (χ4v) is 1.98. The van der Waals surface area contributed by atoms with Gasteiger partial charge in [0, 0.05) is 11.6 Å². The molecular formula is C13H15ClFNO. The molecule has 4 heteroatoms. The molecule has 92 valence electrons. The van der Waals surface area contributed by atoms with Crippen LogP contribution in [0.2, 0.25) is 5.02 Å². The van der Waals surface area contributed by atoms with Crippen molar-refractivity contribution in [3.8, 4) is 0 Å². The maximum atomic E-state index is 13.7. The molecule has 0 aliphatic rings. The van der Waals surface area contributed by atoms with Gasteiger partial charge in [-0.05, 0) is 19.1 Å². The van der Waals surface area contributed by atoms with Gasteiger partial charge in [-0.15, -0.1) is 0 Å². The highest BCUT2D eigenvalue weighted by Gasteiger charge is 2.16. The van der Waals surface area contributed by atoms with Crippen LogP contribution < -0.4 is 5.32 Å². The van der Waals surface area contributed by atoms with E-state index in [2.05, 4.69) is 5.32 Å². The molecule has 0 atom stereocenters. The molecular weight excluding hydrogens is 241 g/mol. The van der Waals surface area contributed by atoms with E-state index in [4.69, 9.17) is 16.0 Å². The van der Waals surface area contributed by atoms with Crippen molar-refractivity contribution in [2.45, 2.75) is 33.4 Å². The van der Waals surface area contributed by atoms with E-state index in [1.165, 1.54) is 12.1 Å². The zero-order valence-corrected chi connectivity index (χ0v) is 10.9. The zero-order chi connectivity index (χ0) is 12.6. The summed E-state index contributed by atoms with van der Waals surface area (Å²) < 4.78 is 19.3. The Morgan fingerprint density at radius 3 is 2.71 bits per heavy atom. The van der Waals surface area contributed by atoms with Gasteiger partial charge < -0.3 is 9.73 Å². The van der Waals surface area contributed by atoms with Crippen molar-refractivity contribution >= 4 is 22.6 Å². The van der Waals surface area contributed by atoms with E-state index in [9.17, 15) is 4.39 Å². The van der Waals surface area contributed by atoms with Gasteiger partial charge in [-0.3, -0.25) is 0 Å². The number of benzene rings is 1. The second-order valence-corrected chi connectivity index (χ2v) is 4.83.